The number of fused-ring (bicyclic) bond motifs is 1. The molecule has 5 N–H and O–H groups in total. The molecule has 35 heavy (non-hydrogen) atoms. The first-order chi connectivity index (χ1) is 16.8. The molecule has 2 unspecified atom stereocenters. The van der Waals surface area contributed by atoms with Gasteiger partial charge in [0.05, 0.1) is 4.88 Å². The van der Waals surface area contributed by atoms with Gasteiger partial charge in [-0.3, -0.25) is 14.5 Å². The number of thioether (sulfide) groups is 1. The van der Waals surface area contributed by atoms with Gasteiger partial charge in [-0.15, -0.1) is 23.1 Å². The molecule has 0 aromatic carbocycles. The normalized spacial score (nSPS) is 19.9. The number of oxime groups is 1. The number of nitrogen functional groups attached to an aromatic ring is 1. The summed E-state index contributed by atoms with van der Waals surface area (Å²) in [7, 11) is 1.28. The fraction of sp³-hybridized carbons (Fsp3) is 0.400. The zero-order valence-electron chi connectivity index (χ0n) is 18.8. The number of hydrogen-bond acceptors (Lipinski definition) is 11. The number of carbonyl (C=O) groups is 3. The fourth-order valence-corrected chi connectivity index (χ4v) is 6.73. The third-order valence-corrected chi connectivity index (χ3v) is 8.71. The van der Waals surface area contributed by atoms with E-state index in [1.54, 1.807) is 5.38 Å². The van der Waals surface area contributed by atoms with E-state index >= 15 is 0 Å². The molecule has 0 bridgehead atoms. The van der Waals surface area contributed by atoms with Crippen LogP contribution in [0.25, 0.3) is 0 Å². The molecule has 2 aromatic rings. The highest BCUT2D eigenvalue weighted by Gasteiger charge is 2.55. The SMILES string of the molecule is CO/N=C(/C(=O)NC1C(=O)N2C(C(=O)O)=C(C[n+]3csc(CCO)c3C)CSC12)c1csc(N)n1. The van der Waals surface area contributed by atoms with E-state index in [4.69, 9.17) is 10.6 Å². The first-order valence-corrected chi connectivity index (χ1v) is 13.2. The van der Waals surface area contributed by atoms with Crippen molar-refractivity contribution in [1.82, 2.24) is 15.2 Å². The summed E-state index contributed by atoms with van der Waals surface area (Å²) in [6.45, 7) is 2.26. The maximum absolute atomic E-state index is 13.0. The van der Waals surface area contributed by atoms with Crippen molar-refractivity contribution in [3.63, 3.8) is 0 Å². The molecule has 2 aliphatic rings. The summed E-state index contributed by atoms with van der Waals surface area (Å²) in [5.74, 6) is -2.02. The topological polar surface area (TPSA) is 171 Å². The number of carboxylic acid groups (broad SMARTS) is 1. The first-order valence-electron chi connectivity index (χ1n) is 10.4. The number of thiazole rings is 2. The molecule has 12 nitrogen and oxygen atoms in total. The minimum absolute atomic E-state index is 0.0318. The lowest BCUT2D eigenvalue weighted by atomic mass is 10.0. The van der Waals surface area contributed by atoms with E-state index in [-0.39, 0.29) is 28.8 Å². The molecule has 1 fully saturated rings. The van der Waals surface area contributed by atoms with Gasteiger partial charge in [0, 0.05) is 36.7 Å². The van der Waals surface area contributed by atoms with Crippen LogP contribution >= 0.6 is 34.4 Å². The third kappa shape index (κ3) is 4.76. The predicted molar refractivity (Wildman–Crippen MR) is 130 cm³/mol. The number of nitrogens with one attached hydrogen (secondary N) is 1. The maximum Gasteiger partial charge on any atom is 0.352 e. The monoisotopic (exact) mass is 539 g/mol. The largest absolute Gasteiger partial charge is 0.477 e. The van der Waals surface area contributed by atoms with Crippen LogP contribution in [0, 0.1) is 6.92 Å². The van der Waals surface area contributed by atoms with Crippen LogP contribution < -0.4 is 15.6 Å². The second kappa shape index (κ2) is 10.3. The van der Waals surface area contributed by atoms with Crippen LogP contribution in [0.15, 0.2) is 27.3 Å². The highest BCUT2D eigenvalue weighted by molar-refractivity contribution is 8.00. The summed E-state index contributed by atoms with van der Waals surface area (Å²) in [6, 6.07) is -0.923. The maximum atomic E-state index is 13.0. The highest BCUT2D eigenvalue weighted by atomic mass is 32.2. The quantitative estimate of drug-likeness (QED) is 0.145. The molecule has 0 aliphatic carbocycles. The van der Waals surface area contributed by atoms with E-state index in [2.05, 4.69) is 15.5 Å². The van der Waals surface area contributed by atoms with Crippen molar-refractivity contribution in [2.24, 2.45) is 5.16 Å². The number of nitrogens with two attached hydrogens (primary N) is 1. The third-order valence-electron chi connectivity index (χ3n) is 5.56. The molecule has 2 aliphatic heterocycles. The van der Waals surface area contributed by atoms with E-state index in [1.807, 2.05) is 17.0 Å². The van der Waals surface area contributed by atoms with E-state index < -0.39 is 29.2 Å². The van der Waals surface area contributed by atoms with Crippen LogP contribution in [-0.2, 0) is 32.2 Å². The van der Waals surface area contributed by atoms with E-state index in [0.29, 0.717) is 24.3 Å². The van der Waals surface area contributed by atoms with Gasteiger partial charge in [0.15, 0.2) is 23.1 Å². The molecule has 0 spiro atoms. The van der Waals surface area contributed by atoms with Gasteiger partial charge in [0.1, 0.15) is 29.9 Å². The van der Waals surface area contributed by atoms with Gasteiger partial charge in [-0.2, -0.15) is 4.57 Å². The van der Waals surface area contributed by atoms with Crippen LogP contribution in [0.1, 0.15) is 16.3 Å². The molecule has 2 aromatic heterocycles. The van der Waals surface area contributed by atoms with Crippen molar-refractivity contribution in [3.8, 4) is 0 Å². The van der Waals surface area contributed by atoms with Gasteiger partial charge < -0.3 is 26.1 Å². The molecule has 4 rings (SSSR count). The van der Waals surface area contributed by atoms with Gasteiger partial charge in [0.2, 0.25) is 5.51 Å². The lowest BCUT2D eigenvalue weighted by Crippen LogP contribution is -2.71. The summed E-state index contributed by atoms with van der Waals surface area (Å²) >= 11 is 4.00. The van der Waals surface area contributed by atoms with Crippen molar-refractivity contribution in [1.29, 1.82) is 0 Å². The number of hydrogen-bond donors (Lipinski definition) is 4. The zero-order valence-corrected chi connectivity index (χ0v) is 21.2. The van der Waals surface area contributed by atoms with Crippen LogP contribution in [0.4, 0.5) is 5.13 Å². The Morgan fingerprint density at radius 1 is 1.43 bits per heavy atom. The zero-order chi connectivity index (χ0) is 25.3. The number of amides is 2. The van der Waals surface area contributed by atoms with Crippen LogP contribution in [0.5, 0.6) is 0 Å². The minimum Gasteiger partial charge on any atom is -0.477 e. The molecular weight excluding hydrogens is 516 g/mol. The van der Waals surface area contributed by atoms with E-state index in [0.717, 1.165) is 21.9 Å². The van der Waals surface area contributed by atoms with Crippen molar-refractivity contribution < 1.29 is 34.0 Å². The number of aromatic nitrogens is 2. The van der Waals surface area contributed by atoms with E-state index in [1.165, 1.54) is 35.1 Å². The average molecular weight is 540 g/mol. The molecule has 186 valence electrons. The number of carboxylic acids is 1. The van der Waals surface area contributed by atoms with Crippen molar-refractivity contribution in [2.45, 2.75) is 31.3 Å². The highest BCUT2D eigenvalue weighted by Crippen LogP contribution is 2.40. The number of rotatable bonds is 9. The fourth-order valence-electron chi connectivity index (χ4n) is 3.86. The van der Waals surface area contributed by atoms with Crippen molar-refractivity contribution in [2.75, 3.05) is 25.2 Å². The van der Waals surface area contributed by atoms with Gasteiger partial charge in [-0.25, -0.2) is 9.78 Å². The smallest absolute Gasteiger partial charge is 0.352 e. The molecule has 0 saturated carbocycles. The number of anilines is 1. The van der Waals surface area contributed by atoms with Crippen LogP contribution in [-0.4, -0.2) is 74.5 Å². The van der Waals surface area contributed by atoms with Crippen molar-refractivity contribution >= 4 is 63.1 Å². The van der Waals surface area contributed by atoms with Crippen LogP contribution in [0.3, 0.4) is 0 Å². The van der Waals surface area contributed by atoms with E-state index in [9.17, 15) is 24.6 Å². The van der Waals surface area contributed by atoms with Gasteiger partial charge >= 0.3 is 5.97 Å². The average Bonchev–Trinajstić information content (AvgIpc) is 3.41. The summed E-state index contributed by atoms with van der Waals surface area (Å²) in [5.41, 5.74) is 9.08. The van der Waals surface area contributed by atoms with Gasteiger partial charge in [-0.05, 0) is 0 Å². The lowest BCUT2D eigenvalue weighted by Gasteiger charge is -2.49. The Hall–Kier alpha value is -3.01. The number of carbonyl (C=O) groups excluding carboxylic acids is 2. The molecule has 2 amide bonds. The number of β-lactam (4-membered cyclic amide) rings is 1. The summed E-state index contributed by atoms with van der Waals surface area (Å²) in [4.78, 5) is 49.0. The predicted octanol–water partition coefficient (Wildman–Crippen LogP) is -0.293. The number of aliphatic carboxylic acids is 1. The molecule has 15 heteroatoms. The molecule has 0 radical (unpaired) electrons. The Bertz CT molecular complexity index is 1240. The summed E-state index contributed by atoms with van der Waals surface area (Å²) < 4.78 is 1.92. The summed E-state index contributed by atoms with van der Waals surface area (Å²) in [5, 5.41) is 26.7. The second-order valence-corrected chi connectivity index (χ2v) is 10.6. The standard InChI is InChI=1S/C20H22N6O6S3/c1-9-12(3-4-27)35-8-25(9)5-10-6-33-18-14(17(29)26(18)15(10)19(30)31)23-16(28)13(24-32-2)11-7-34-20(21)22-11/h7-8,14,18,27H,3-6H2,1-2H3,(H3-,21,22,23,28,30,31)/p+1/b24-13+. The Kier molecular flexibility index (Phi) is 7.39. The van der Waals surface area contributed by atoms with Gasteiger partial charge in [-0.1, -0.05) is 16.5 Å². The Morgan fingerprint density at radius 3 is 2.83 bits per heavy atom. The Labute approximate surface area is 212 Å². The Balaban J connectivity index is 1.53. The number of aliphatic hydroxyl groups excluding tert-OH is 1. The molecular formula is C20H23N6O6S3+. The number of aliphatic hydroxyl groups is 1. The van der Waals surface area contributed by atoms with Gasteiger partial charge in [0.25, 0.3) is 11.8 Å². The molecule has 2 atom stereocenters. The molecule has 1 saturated heterocycles. The molecule has 4 heterocycles. The summed E-state index contributed by atoms with van der Waals surface area (Å²) in [6.07, 6.45) is 0.527. The van der Waals surface area contributed by atoms with Crippen LogP contribution in [0.2, 0.25) is 0 Å². The van der Waals surface area contributed by atoms with Crippen molar-refractivity contribution in [3.05, 3.63) is 38.4 Å². The minimum atomic E-state index is -1.20. The first kappa shape index (κ1) is 25.1. The number of nitrogens with zero attached hydrogens (tertiary/aromatic N) is 4. The second-order valence-electron chi connectivity index (χ2n) is 7.65. The lowest BCUT2D eigenvalue weighted by molar-refractivity contribution is -0.690. The Morgan fingerprint density at radius 2 is 2.20 bits per heavy atom.